The lowest BCUT2D eigenvalue weighted by Crippen LogP contribution is -2.37. The second-order valence-electron chi connectivity index (χ2n) is 7.16. The van der Waals surface area contributed by atoms with Gasteiger partial charge in [0.2, 0.25) is 6.79 Å². The van der Waals surface area contributed by atoms with Crippen LogP contribution in [0.1, 0.15) is 5.56 Å². The highest BCUT2D eigenvalue weighted by molar-refractivity contribution is 8.16. The number of hydrogen-bond acceptors (Lipinski definition) is 6. The summed E-state index contributed by atoms with van der Waals surface area (Å²) in [6, 6.07) is 14.6. The summed E-state index contributed by atoms with van der Waals surface area (Å²) in [6.45, 7) is 0.157. The zero-order valence-electron chi connectivity index (χ0n) is 15.4. The Kier molecular flexibility index (Phi) is 4.51. The number of aliphatic imine (C=N–C) groups is 1. The van der Waals surface area contributed by atoms with Crippen LogP contribution in [0.15, 0.2) is 53.5 Å². The lowest BCUT2D eigenvalue weighted by Gasteiger charge is -2.24. The predicted molar refractivity (Wildman–Crippen MR) is 111 cm³/mol. The minimum absolute atomic E-state index is 0.0466. The number of hydrogen-bond donors (Lipinski definition) is 0. The van der Waals surface area contributed by atoms with Crippen LogP contribution in [0.3, 0.4) is 0 Å². The van der Waals surface area contributed by atoms with Gasteiger partial charge in [0.15, 0.2) is 26.5 Å². The maximum Gasteiger partial charge on any atom is 0.252 e. The van der Waals surface area contributed by atoms with E-state index in [9.17, 15) is 13.2 Å². The van der Waals surface area contributed by atoms with Crippen molar-refractivity contribution < 1.29 is 22.7 Å². The van der Waals surface area contributed by atoms with E-state index < -0.39 is 9.84 Å². The molecule has 2 aromatic carbocycles. The van der Waals surface area contributed by atoms with Crippen LogP contribution in [-0.2, 0) is 21.1 Å². The van der Waals surface area contributed by atoms with E-state index in [2.05, 4.69) is 4.99 Å². The minimum atomic E-state index is -3.12. The molecule has 0 aromatic heterocycles. The number of thioether (sulfide) groups is 1. The molecule has 5 rings (SSSR count). The summed E-state index contributed by atoms with van der Waals surface area (Å²) < 4.78 is 35.2. The molecule has 0 N–H and O–H groups in total. The maximum atomic E-state index is 12.6. The molecule has 0 spiro atoms. The Morgan fingerprint density at radius 3 is 2.72 bits per heavy atom. The number of carbonyl (C=O) groups is 1. The highest BCUT2D eigenvalue weighted by Crippen LogP contribution is 2.43. The van der Waals surface area contributed by atoms with Crippen LogP contribution in [0.5, 0.6) is 11.5 Å². The van der Waals surface area contributed by atoms with Crippen LogP contribution in [-0.4, -0.2) is 49.1 Å². The molecular weight excluding hydrogens is 412 g/mol. The Bertz CT molecular complexity index is 1100. The van der Waals surface area contributed by atoms with E-state index >= 15 is 0 Å². The zero-order valence-corrected chi connectivity index (χ0v) is 17.0. The molecule has 0 saturated carbocycles. The molecule has 0 bridgehead atoms. The summed E-state index contributed by atoms with van der Waals surface area (Å²) in [4.78, 5) is 18.8. The summed E-state index contributed by atoms with van der Waals surface area (Å²) in [5.74, 6) is 1.13. The van der Waals surface area contributed by atoms with E-state index in [1.807, 2.05) is 47.4 Å². The average Bonchev–Trinajstić information content (AvgIpc) is 3.33. The highest BCUT2D eigenvalue weighted by atomic mass is 32.2. The van der Waals surface area contributed by atoms with Gasteiger partial charge in [-0.3, -0.25) is 4.79 Å². The molecule has 3 aliphatic rings. The Morgan fingerprint density at radius 1 is 1.10 bits per heavy atom. The van der Waals surface area contributed by atoms with Crippen molar-refractivity contribution in [3.05, 3.63) is 54.1 Å². The maximum absolute atomic E-state index is 12.6. The number of amides is 1. The van der Waals surface area contributed by atoms with Gasteiger partial charge in [-0.1, -0.05) is 42.1 Å². The molecule has 0 unspecified atom stereocenters. The fourth-order valence-electron chi connectivity index (χ4n) is 3.82. The average molecular weight is 431 g/mol. The summed E-state index contributed by atoms with van der Waals surface area (Å²) in [5, 5.41) is 0.392. The van der Waals surface area contributed by atoms with E-state index in [-0.39, 0.29) is 41.9 Å². The molecular formula is C20H18N2O5S2. The quantitative estimate of drug-likeness (QED) is 0.738. The number of benzene rings is 2. The normalized spacial score (nSPS) is 25.4. The van der Waals surface area contributed by atoms with Gasteiger partial charge in [-0.2, -0.15) is 4.99 Å². The van der Waals surface area contributed by atoms with Gasteiger partial charge >= 0.3 is 0 Å². The standard InChI is InChI=1S/C20H18N2O5S2/c23-19(8-13-4-2-1-3-5-13)21-20-22(15-10-29(24,25)11-18(15)28-20)14-6-7-16-17(9-14)27-12-26-16/h1-7,9,15,18H,8,10-12H2/t15-,18-/m1/s1. The molecule has 0 aliphatic carbocycles. The molecule has 150 valence electrons. The van der Waals surface area contributed by atoms with Crippen molar-refractivity contribution in [2.45, 2.75) is 17.7 Å². The van der Waals surface area contributed by atoms with Crippen LogP contribution in [0, 0.1) is 0 Å². The highest BCUT2D eigenvalue weighted by Gasteiger charge is 2.49. The number of fused-ring (bicyclic) bond motifs is 2. The summed E-state index contributed by atoms with van der Waals surface area (Å²) in [7, 11) is -3.12. The first-order valence-electron chi connectivity index (χ1n) is 9.20. The zero-order chi connectivity index (χ0) is 20.0. The van der Waals surface area contributed by atoms with Gasteiger partial charge < -0.3 is 14.4 Å². The Morgan fingerprint density at radius 2 is 1.90 bits per heavy atom. The molecule has 9 heteroatoms. The number of nitrogens with zero attached hydrogens (tertiary/aromatic N) is 2. The van der Waals surface area contributed by atoms with Gasteiger partial charge in [0, 0.05) is 17.0 Å². The van der Waals surface area contributed by atoms with Crippen molar-refractivity contribution in [2.75, 3.05) is 23.2 Å². The predicted octanol–water partition coefficient (Wildman–Crippen LogP) is 2.26. The van der Waals surface area contributed by atoms with Gasteiger partial charge in [-0.15, -0.1) is 0 Å². The fourth-order valence-corrected chi connectivity index (χ4v) is 7.75. The van der Waals surface area contributed by atoms with Crippen LogP contribution < -0.4 is 14.4 Å². The summed E-state index contributed by atoms with van der Waals surface area (Å²) in [6.07, 6.45) is 0.202. The monoisotopic (exact) mass is 430 g/mol. The van der Waals surface area contributed by atoms with Crippen LogP contribution in [0.2, 0.25) is 0 Å². The number of sulfone groups is 1. The molecule has 3 aliphatic heterocycles. The van der Waals surface area contributed by atoms with E-state index in [0.717, 1.165) is 11.3 Å². The Hall–Kier alpha value is -2.52. The van der Waals surface area contributed by atoms with E-state index in [4.69, 9.17) is 9.47 Å². The van der Waals surface area contributed by atoms with E-state index in [1.165, 1.54) is 11.8 Å². The van der Waals surface area contributed by atoms with Gasteiger partial charge in [-0.25, -0.2) is 8.42 Å². The van der Waals surface area contributed by atoms with Gasteiger partial charge in [0.05, 0.1) is 24.0 Å². The Labute approximate surface area is 172 Å². The molecule has 7 nitrogen and oxygen atoms in total. The number of carbonyl (C=O) groups excluding carboxylic acids is 1. The topological polar surface area (TPSA) is 85.3 Å². The van der Waals surface area contributed by atoms with Crippen LogP contribution >= 0.6 is 11.8 Å². The van der Waals surface area contributed by atoms with Gasteiger partial charge in [-0.05, 0) is 17.7 Å². The molecule has 3 heterocycles. The first-order valence-corrected chi connectivity index (χ1v) is 11.9. The van der Waals surface area contributed by atoms with Crippen LogP contribution in [0.4, 0.5) is 5.69 Å². The largest absolute Gasteiger partial charge is 0.454 e. The van der Waals surface area contributed by atoms with Crippen molar-refractivity contribution in [1.29, 1.82) is 0 Å². The smallest absolute Gasteiger partial charge is 0.252 e. The van der Waals surface area contributed by atoms with Gasteiger partial charge in [0.25, 0.3) is 5.91 Å². The number of rotatable bonds is 3. The molecule has 2 fully saturated rings. The van der Waals surface area contributed by atoms with Crippen molar-refractivity contribution >= 4 is 38.4 Å². The van der Waals surface area contributed by atoms with Crippen LogP contribution in [0.25, 0.3) is 0 Å². The molecule has 2 atom stereocenters. The summed E-state index contributed by atoms with van der Waals surface area (Å²) >= 11 is 1.36. The molecule has 2 saturated heterocycles. The van der Waals surface area contributed by atoms with Crippen molar-refractivity contribution in [1.82, 2.24) is 0 Å². The number of anilines is 1. The lowest BCUT2D eigenvalue weighted by atomic mass is 10.1. The number of ether oxygens (including phenoxy) is 2. The molecule has 2 aromatic rings. The van der Waals surface area contributed by atoms with Crippen molar-refractivity contribution in [3.63, 3.8) is 0 Å². The van der Waals surface area contributed by atoms with Gasteiger partial charge in [0.1, 0.15) is 0 Å². The van der Waals surface area contributed by atoms with E-state index in [1.54, 1.807) is 6.07 Å². The third-order valence-electron chi connectivity index (χ3n) is 5.12. The number of amidine groups is 1. The molecule has 1 amide bonds. The van der Waals surface area contributed by atoms with E-state index in [0.29, 0.717) is 16.7 Å². The van der Waals surface area contributed by atoms with Crippen molar-refractivity contribution in [2.24, 2.45) is 4.99 Å². The minimum Gasteiger partial charge on any atom is -0.454 e. The second kappa shape index (κ2) is 7.07. The second-order valence-corrected chi connectivity index (χ2v) is 10.5. The third-order valence-corrected chi connectivity index (χ3v) is 8.33. The first kappa shape index (κ1) is 18.5. The Balaban J connectivity index is 1.48. The lowest BCUT2D eigenvalue weighted by molar-refractivity contribution is -0.117. The molecule has 29 heavy (non-hydrogen) atoms. The third kappa shape index (κ3) is 3.60. The summed E-state index contributed by atoms with van der Waals surface area (Å²) in [5.41, 5.74) is 1.64. The fraction of sp³-hybridized carbons (Fsp3) is 0.300. The first-order chi connectivity index (χ1) is 14.0. The SMILES string of the molecule is O=C(Cc1ccccc1)N=C1S[C@@H]2CS(=O)(=O)C[C@H]2N1c1ccc2c(c1)OCO2. The van der Waals surface area contributed by atoms with Crippen molar-refractivity contribution in [3.8, 4) is 11.5 Å². The molecule has 0 radical (unpaired) electrons.